The quantitative estimate of drug-likeness (QED) is 0.474. The van der Waals surface area contributed by atoms with Crippen LogP contribution in [-0.4, -0.2) is 37.0 Å². The Labute approximate surface area is 60.4 Å². The van der Waals surface area contributed by atoms with Gasteiger partial charge in [-0.25, -0.2) is 0 Å². The number of aliphatic hydroxyl groups excluding tert-OH is 1. The summed E-state index contributed by atoms with van der Waals surface area (Å²) in [5.41, 5.74) is 0. The van der Waals surface area contributed by atoms with Gasteiger partial charge in [0, 0.05) is 12.0 Å². The van der Waals surface area contributed by atoms with Gasteiger partial charge in [-0.05, 0) is 13.0 Å². The van der Waals surface area contributed by atoms with Gasteiger partial charge >= 0.3 is 0 Å². The van der Waals surface area contributed by atoms with Gasteiger partial charge in [-0.2, -0.15) is 0 Å². The molecule has 2 aliphatic heterocycles. The molecule has 3 nitrogen and oxygen atoms in total. The molecule has 0 radical (unpaired) electrons. The molecule has 2 saturated heterocycles. The molecule has 2 N–H and O–H groups in total. The van der Waals surface area contributed by atoms with Crippen molar-refractivity contribution in [3.05, 3.63) is 0 Å². The van der Waals surface area contributed by atoms with E-state index in [0.717, 1.165) is 26.2 Å². The lowest BCUT2D eigenvalue weighted by Gasteiger charge is -2.29. The van der Waals surface area contributed by atoms with Gasteiger partial charge in [-0.3, -0.25) is 0 Å². The third-order valence-corrected chi connectivity index (χ3v) is 2.47. The van der Waals surface area contributed by atoms with Gasteiger partial charge in [-0.15, -0.1) is 0 Å². The largest absolute Gasteiger partial charge is 0.393 e. The summed E-state index contributed by atoms with van der Waals surface area (Å²) in [7, 11) is 0. The van der Waals surface area contributed by atoms with E-state index in [1.807, 2.05) is 0 Å². The molecule has 3 unspecified atom stereocenters. The molecule has 0 aromatic carbocycles. The molecule has 0 saturated carbocycles. The molecule has 2 aliphatic rings. The molecule has 0 spiro atoms. The van der Waals surface area contributed by atoms with Gasteiger partial charge in [-0.1, -0.05) is 0 Å². The molecular formula is C7H13NO2. The first-order chi connectivity index (χ1) is 4.88. The first-order valence-corrected chi connectivity index (χ1v) is 3.87. The van der Waals surface area contributed by atoms with Crippen molar-refractivity contribution in [1.82, 2.24) is 5.32 Å². The molecule has 3 heteroatoms. The Morgan fingerprint density at radius 3 is 3.10 bits per heavy atom. The van der Waals surface area contributed by atoms with Gasteiger partial charge in [0.2, 0.25) is 0 Å². The number of piperidine rings is 1. The zero-order valence-corrected chi connectivity index (χ0v) is 5.92. The zero-order valence-electron chi connectivity index (χ0n) is 5.92. The van der Waals surface area contributed by atoms with Gasteiger partial charge in [0.1, 0.15) is 0 Å². The van der Waals surface area contributed by atoms with Crippen LogP contribution in [0.4, 0.5) is 0 Å². The Morgan fingerprint density at radius 2 is 2.30 bits per heavy atom. The summed E-state index contributed by atoms with van der Waals surface area (Å²) in [6, 6.07) is 0.420. The minimum Gasteiger partial charge on any atom is -0.393 e. The predicted octanol–water partition coefficient (Wildman–Crippen LogP) is -0.644. The van der Waals surface area contributed by atoms with Gasteiger partial charge < -0.3 is 15.2 Å². The number of rotatable bonds is 0. The van der Waals surface area contributed by atoms with E-state index in [0.29, 0.717) is 12.0 Å². The van der Waals surface area contributed by atoms with E-state index in [4.69, 9.17) is 4.74 Å². The fourth-order valence-corrected chi connectivity index (χ4v) is 1.79. The highest BCUT2D eigenvalue weighted by atomic mass is 16.5. The van der Waals surface area contributed by atoms with Crippen LogP contribution in [0.2, 0.25) is 0 Å². The molecule has 0 aromatic rings. The molecule has 0 amide bonds. The predicted molar refractivity (Wildman–Crippen MR) is 36.7 cm³/mol. The van der Waals surface area contributed by atoms with Crippen molar-refractivity contribution in [2.75, 3.05) is 19.8 Å². The van der Waals surface area contributed by atoms with E-state index >= 15 is 0 Å². The maximum Gasteiger partial charge on any atom is 0.0624 e. The SMILES string of the molecule is OC1CCNC2COCC12. The van der Waals surface area contributed by atoms with Crippen molar-refractivity contribution < 1.29 is 9.84 Å². The second-order valence-corrected chi connectivity index (χ2v) is 3.12. The summed E-state index contributed by atoms with van der Waals surface area (Å²) >= 11 is 0. The molecule has 10 heavy (non-hydrogen) atoms. The second kappa shape index (κ2) is 2.49. The molecule has 2 fully saturated rings. The average Bonchev–Trinajstić information content (AvgIpc) is 2.36. The lowest BCUT2D eigenvalue weighted by Crippen LogP contribution is -2.47. The summed E-state index contributed by atoms with van der Waals surface area (Å²) in [5, 5.41) is 12.8. The number of nitrogens with one attached hydrogen (secondary N) is 1. The van der Waals surface area contributed by atoms with E-state index in [1.54, 1.807) is 0 Å². The molecule has 58 valence electrons. The van der Waals surface area contributed by atoms with Crippen LogP contribution in [-0.2, 0) is 4.74 Å². The van der Waals surface area contributed by atoms with Gasteiger partial charge in [0.25, 0.3) is 0 Å². The van der Waals surface area contributed by atoms with Crippen molar-refractivity contribution in [2.24, 2.45) is 5.92 Å². The fraction of sp³-hybridized carbons (Fsp3) is 1.00. The summed E-state index contributed by atoms with van der Waals surface area (Å²) in [4.78, 5) is 0. The standard InChI is InChI=1S/C7H13NO2/c9-7-1-2-8-6-4-10-3-5(6)7/h5-9H,1-4H2. The second-order valence-electron chi connectivity index (χ2n) is 3.12. The van der Waals surface area contributed by atoms with Crippen LogP contribution in [0.25, 0.3) is 0 Å². The number of aliphatic hydroxyl groups is 1. The maximum absolute atomic E-state index is 9.46. The molecule has 0 aromatic heterocycles. The van der Waals surface area contributed by atoms with Crippen LogP contribution in [0.1, 0.15) is 6.42 Å². The Hall–Kier alpha value is -0.120. The van der Waals surface area contributed by atoms with E-state index < -0.39 is 0 Å². The summed E-state index contributed by atoms with van der Waals surface area (Å²) in [6.07, 6.45) is 0.749. The van der Waals surface area contributed by atoms with Crippen LogP contribution in [0.5, 0.6) is 0 Å². The van der Waals surface area contributed by atoms with E-state index in [1.165, 1.54) is 0 Å². The van der Waals surface area contributed by atoms with Crippen molar-refractivity contribution in [1.29, 1.82) is 0 Å². The number of ether oxygens (including phenoxy) is 1. The topological polar surface area (TPSA) is 41.5 Å². The van der Waals surface area contributed by atoms with Gasteiger partial charge in [0.15, 0.2) is 0 Å². The minimum atomic E-state index is -0.131. The Kier molecular flexibility index (Phi) is 1.64. The highest BCUT2D eigenvalue weighted by Crippen LogP contribution is 2.22. The Bertz CT molecular complexity index is 129. The number of hydrogen-bond acceptors (Lipinski definition) is 3. The Morgan fingerprint density at radius 1 is 1.40 bits per heavy atom. The van der Waals surface area contributed by atoms with Crippen molar-refractivity contribution in [2.45, 2.75) is 18.6 Å². The lowest BCUT2D eigenvalue weighted by molar-refractivity contribution is 0.0631. The van der Waals surface area contributed by atoms with Crippen LogP contribution >= 0.6 is 0 Å². The van der Waals surface area contributed by atoms with Gasteiger partial charge in [0.05, 0.1) is 19.3 Å². The molecular weight excluding hydrogens is 130 g/mol. The third kappa shape index (κ3) is 0.944. The molecule has 2 rings (SSSR count). The molecule has 0 bridgehead atoms. The van der Waals surface area contributed by atoms with Crippen molar-refractivity contribution in [3.8, 4) is 0 Å². The smallest absolute Gasteiger partial charge is 0.0624 e. The van der Waals surface area contributed by atoms with E-state index in [-0.39, 0.29) is 6.10 Å². The van der Waals surface area contributed by atoms with E-state index in [2.05, 4.69) is 5.32 Å². The summed E-state index contributed by atoms with van der Waals surface area (Å²) < 4.78 is 5.24. The van der Waals surface area contributed by atoms with Crippen LogP contribution in [0.15, 0.2) is 0 Å². The number of fused-ring (bicyclic) bond motifs is 1. The summed E-state index contributed by atoms with van der Waals surface area (Å²) in [5.74, 6) is 0.355. The average molecular weight is 143 g/mol. The van der Waals surface area contributed by atoms with Crippen molar-refractivity contribution >= 4 is 0 Å². The third-order valence-electron chi connectivity index (χ3n) is 2.47. The number of hydrogen-bond donors (Lipinski definition) is 2. The Balaban J connectivity index is 2.03. The van der Waals surface area contributed by atoms with Crippen LogP contribution in [0.3, 0.4) is 0 Å². The molecule has 3 atom stereocenters. The maximum atomic E-state index is 9.46. The highest BCUT2D eigenvalue weighted by Gasteiger charge is 2.36. The highest BCUT2D eigenvalue weighted by molar-refractivity contribution is 4.90. The van der Waals surface area contributed by atoms with Crippen LogP contribution < -0.4 is 5.32 Å². The monoisotopic (exact) mass is 143 g/mol. The first-order valence-electron chi connectivity index (χ1n) is 3.87. The molecule has 2 heterocycles. The molecule has 0 aliphatic carbocycles. The fourth-order valence-electron chi connectivity index (χ4n) is 1.79. The van der Waals surface area contributed by atoms with Crippen molar-refractivity contribution in [3.63, 3.8) is 0 Å². The first kappa shape index (κ1) is 6.58. The lowest BCUT2D eigenvalue weighted by atomic mass is 9.91. The minimum absolute atomic E-state index is 0.131. The van der Waals surface area contributed by atoms with E-state index in [9.17, 15) is 5.11 Å². The normalized spacial score (nSPS) is 47.1. The van der Waals surface area contributed by atoms with Crippen LogP contribution in [0, 0.1) is 5.92 Å². The summed E-state index contributed by atoms with van der Waals surface area (Å²) in [6.45, 7) is 2.45. The zero-order chi connectivity index (χ0) is 6.97.